The number of carboxylic acid groups (broad SMARTS) is 4. The third-order valence-electron chi connectivity index (χ3n) is 8.30. The highest BCUT2D eigenvalue weighted by atomic mass is 16.5. The number of aliphatic carboxylic acids is 4. The number of ether oxygens (including phenoxy) is 2. The maximum atomic E-state index is 13.4. The first-order valence-corrected chi connectivity index (χ1v) is 15.4. The summed E-state index contributed by atoms with van der Waals surface area (Å²) in [5, 5.41) is 65.1. The van der Waals surface area contributed by atoms with E-state index in [1.165, 1.54) is 0 Å². The number of hydrogen-bond donors (Lipinski definition) is 8. The summed E-state index contributed by atoms with van der Waals surface area (Å²) < 4.78 is 11.5. The van der Waals surface area contributed by atoms with Gasteiger partial charge in [0.1, 0.15) is 11.9 Å². The number of fused-ring (bicyclic) bond motifs is 2. The lowest BCUT2D eigenvalue weighted by atomic mass is 9.89. The molecule has 4 rings (SSSR count). The molecule has 2 aliphatic heterocycles. The van der Waals surface area contributed by atoms with Gasteiger partial charge in [-0.3, -0.25) is 9.69 Å². The molecule has 2 aliphatic rings. The van der Waals surface area contributed by atoms with Crippen LogP contribution in [0.4, 0.5) is 0 Å². The molecular weight excluding hydrogens is 664 g/mol. The molecule has 0 radical (unpaired) electrons. The molecule has 2 heterocycles. The smallest absolute Gasteiger partial charge is 0.335 e. The Hall–Kier alpha value is -4.65. The Labute approximate surface area is 287 Å². The molecule has 50 heavy (non-hydrogen) atoms. The number of aliphatic hydroxyl groups is 4. The van der Waals surface area contributed by atoms with Gasteiger partial charge in [0, 0.05) is 19.1 Å². The second kappa shape index (κ2) is 19.5. The summed E-state index contributed by atoms with van der Waals surface area (Å²) >= 11 is 0. The van der Waals surface area contributed by atoms with Gasteiger partial charge >= 0.3 is 29.8 Å². The zero-order valence-electron chi connectivity index (χ0n) is 27.7. The molecule has 2 aromatic rings. The molecule has 0 spiro atoms. The van der Waals surface area contributed by atoms with Gasteiger partial charge in [-0.15, -0.1) is 0 Å². The molecule has 8 N–H and O–H groups in total. The molecular formula is C33H44N2O15. The third-order valence-corrected chi connectivity index (χ3v) is 8.30. The number of likely N-dealkylation sites (tertiary alicyclic amines) is 1. The van der Waals surface area contributed by atoms with E-state index in [1.807, 2.05) is 54.6 Å². The number of methoxy groups -OCH3 is 1. The zero-order valence-corrected chi connectivity index (χ0v) is 27.7. The van der Waals surface area contributed by atoms with E-state index in [-0.39, 0.29) is 24.0 Å². The van der Waals surface area contributed by atoms with Gasteiger partial charge in [0.25, 0.3) is 0 Å². The monoisotopic (exact) mass is 708 g/mol. The first kappa shape index (κ1) is 41.5. The lowest BCUT2D eigenvalue weighted by Gasteiger charge is -2.50. The standard InChI is InChI=1S/C25H32N2O3.2C4H6O6/c1-26-16-20-11-14-24(23(17-26)27(20)2)30-25(28)22(19-7-5-4-6-8-19)15-18-9-12-21(29-3)13-10-18;2*5-1(3(7)8)2(6)4(9)10/h4-10,12-13,20,22-24H,11,14-17H2,1-3H3;2*1-2,5-6H,(H,7,8)(H,9,10). The molecule has 0 aromatic heterocycles. The number of nitrogens with zero attached hydrogens (tertiary/aromatic N) is 2. The summed E-state index contributed by atoms with van der Waals surface area (Å²) in [7, 11) is 6.00. The molecule has 276 valence electrons. The summed E-state index contributed by atoms with van der Waals surface area (Å²) in [4.78, 5) is 57.3. The Morgan fingerprint density at radius 2 is 1.20 bits per heavy atom. The fourth-order valence-corrected chi connectivity index (χ4v) is 5.43. The molecule has 2 bridgehead atoms. The van der Waals surface area contributed by atoms with Crippen LogP contribution in [0, 0.1) is 0 Å². The second-order valence-electron chi connectivity index (χ2n) is 11.8. The van der Waals surface area contributed by atoms with Crippen LogP contribution in [0.5, 0.6) is 5.75 Å². The number of benzene rings is 2. The molecule has 8 atom stereocenters. The molecule has 8 unspecified atom stereocenters. The van der Waals surface area contributed by atoms with Gasteiger partial charge in [-0.05, 0) is 56.6 Å². The van der Waals surface area contributed by atoms with Crippen molar-refractivity contribution in [3.63, 3.8) is 0 Å². The van der Waals surface area contributed by atoms with Crippen molar-refractivity contribution in [2.45, 2.75) is 67.8 Å². The van der Waals surface area contributed by atoms with Crippen LogP contribution < -0.4 is 4.74 Å². The molecule has 2 saturated heterocycles. The van der Waals surface area contributed by atoms with Gasteiger partial charge in [-0.1, -0.05) is 42.5 Å². The maximum absolute atomic E-state index is 13.4. The Bertz CT molecular complexity index is 1350. The van der Waals surface area contributed by atoms with E-state index in [1.54, 1.807) is 7.11 Å². The van der Waals surface area contributed by atoms with Crippen LogP contribution in [0.25, 0.3) is 0 Å². The fourth-order valence-electron chi connectivity index (χ4n) is 5.43. The van der Waals surface area contributed by atoms with Crippen LogP contribution in [0.3, 0.4) is 0 Å². The molecule has 0 saturated carbocycles. The van der Waals surface area contributed by atoms with E-state index in [2.05, 4.69) is 23.9 Å². The van der Waals surface area contributed by atoms with Crippen LogP contribution in [-0.2, 0) is 35.1 Å². The largest absolute Gasteiger partial charge is 0.497 e. The number of carbonyl (C=O) groups is 5. The van der Waals surface area contributed by atoms with Gasteiger partial charge in [-0.25, -0.2) is 19.2 Å². The summed E-state index contributed by atoms with van der Waals surface area (Å²) in [5.41, 5.74) is 2.10. The third kappa shape index (κ3) is 12.0. The Morgan fingerprint density at radius 3 is 1.64 bits per heavy atom. The highest BCUT2D eigenvalue weighted by molar-refractivity contribution is 5.83. The van der Waals surface area contributed by atoms with Crippen molar-refractivity contribution in [1.82, 2.24) is 9.80 Å². The average molecular weight is 709 g/mol. The van der Waals surface area contributed by atoms with Crippen molar-refractivity contribution in [1.29, 1.82) is 0 Å². The maximum Gasteiger partial charge on any atom is 0.335 e. The quantitative estimate of drug-likeness (QED) is 0.124. The predicted octanol–water partition coefficient (Wildman–Crippen LogP) is -0.904. The molecule has 0 aliphatic carbocycles. The van der Waals surface area contributed by atoms with Gasteiger partial charge in [-0.2, -0.15) is 0 Å². The van der Waals surface area contributed by atoms with Crippen LogP contribution in [-0.4, -0.2) is 157 Å². The van der Waals surface area contributed by atoms with Gasteiger partial charge in [0.15, 0.2) is 24.4 Å². The highest BCUT2D eigenvalue weighted by Gasteiger charge is 2.42. The van der Waals surface area contributed by atoms with Crippen molar-refractivity contribution in [2.24, 2.45) is 0 Å². The zero-order chi connectivity index (χ0) is 37.7. The number of rotatable bonds is 12. The Morgan fingerprint density at radius 1 is 0.720 bits per heavy atom. The van der Waals surface area contributed by atoms with Gasteiger partial charge < -0.3 is 55.2 Å². The van der Waals surface area contributed by atoms with Crippen LogP contribution in [0.15, 0.2) is 54.6 Å². The van der Waals surface area contributed by atoms with Crippen molar-refractivity contribution < 1.29 is 74.3 Å². The van der Waals surface area contributed by atoms with Crippen molar-refractivity contribution in [2.75, 3.05) is 34.3 Å². The van der Waals surface area contributed by atoms with Gasteiger partial charge in [0.05, 0.1) is 19.1 Å². The number of carboxylic acids is 4. The van der Waals surface area contributed by atoms with E-state index in [4.69, 9.17) is 50.3 Å². The van der Waals surface area contributed by atoms with Crippen LogP contribution >= 0.6 is 0 Å². The lowest BCUT2D eigenvalue weighted by Crippen LogP contribution is -2.63. The average Bonchev–Trinajstić information content (AvgIpc) is 3.08. The first-order valence-electron chi connectivity index (χ1n) is 15.4. The minimum atomic E-state index is -2.27. The number of piperidine rings is 1. The SMILES string of the molecule is COc1ccc(CC(C(=O)OC2CCC3CN(C)CC2N3C)c2ccccc2)cc1.O=C(O)C(O)C(O)C(=O)O.O=C(O)C(O)C(O)C(=O)O. The predicted molar refractivity (Wildman–Crippen MR) is 172 cm³/mol. The minimum Gasteiger partial charge on any atom is -0.497 e. The number of piperazine rings is 1. The number of esters is 1. The minimum absolute atomic E-state index is 0.0522. The van der Waals surface area contributed by atoms with Gasteiger partial charge in [0.2, 0.25) is 0 Å². The first-order chi connectivity index (χ1) is 23.5. The normalized spacial score (nSPS) is 21.6. The molecule has 17 nitrogen and oxygen atoms in total. The summed E-state index contributed by atoms with van der Waals surface area (Å²) in [6.07, 6.45) is -6.48. The summed E-state index contributed by atoms with van der Waals surface area (Å²) in [6, 6.07) is 18.8. The second-order valence-corrected chi connectivity index (χ2v) is 11.8. The number of likely N-dealkylation sites (N-methyl/N-ethyl adjacent to an activating group) is 2. The van der Waals surface area contributed by atoms with Crippen LogP contribution in [0.1, 0.15) is 29.9 Å². The number of hydrogen-bond acceptors (Lipinski definition) is 13. The molecule has 2 aromatic carbocycles. The van der Waals surface area contributed by atoms with E-state index >= 15 is 0 Å². The summed E-state index contributed by atoms with van der Waals surface area (Å²) in [6.45, 7) is 2.04. The van der Waals surface area contributed by atoms with Crippen molar-refractivity contribution in [3.8, 4) is 5.75 Å². The highest BCUT2D eigenvalue weighted by Crippen LogP contribution is 2.31. The van der Waals surface area contributed by atoms with Crippen molar-refractivity contribution >= 4 is 29.8 Å². The van der Waals surface area contributed by atoms with E-state index in [9.17, 15) is 24.0 Å². The topological polar surface area (TPSA) is 272 Å². The van der Waals surface area contributed by atoms with E-state index in [0.29, 0.717) is 12.5 Å². The van der Waals surface area contributed by atoms with Crippen molar-refractivity contribution in [3.05, 3.63) is 65.7 Å². The summed E-state index contributed by atoms with van der Waals surface area (Å²) in [5.74, 6) is -6.69. The molecule has 17 heteroatoms. The Kier molecular flexibility index (Phi) is 16.2. The fraction of sp³-hybridized carbons (Fsp3) is 0.485. The lowest BCUT2D eigenvalue weighted by molar-refractivity contribution is -0.165. The van der Waals surface area contributed by atoms with E-state index in [0.717, 1.165) is 42.8 Å². The van der Waals surface area contributed by atoms with Crippen LogP contribution in [0.2, 0.25) is 0 Å². The number of aliphatic hydroxyl groups excluding tert-OH is 4. The number of carbonyl (C=O) groups excluding carboxylic acids is 1. The van der Waals surface area contributed by atoms with E-state index < -0.39 is 48.3 Å². The molecule has 2 fully saturated rings. The molecule has 0 amide bonds. The Balaban J connectivity index is 0.000000357.